The molecule has 2 nitrogen and oxygen atoms in total. The summed E-state index contributed by atoms with van der Waals surface area (Å²) in [4.78, 5) is 0. The van der Waals surface area contributed by atoms with Crippen LogP contribution in [0, 0.1) is 11.6 Å². The van der Waals surface area contributed by atoms with Gasteiger partial charge in [-0.3, -0.25) is 0 Å². The van der Waals surface area contributed by atoms with Crippen molar-refractivity contribution in [3.8, 4) is 5.75 Å². The molecule has 5 heteroatoms. The van der Waals surface area contributed by atoms with E-state index in [0.717, 1.165) is 0 Å². The molecular formula is C15H14ClF2NO. The molecule has 0 bridgehead atoms. The number of hydrogen-bond acceptors (Lipinski definition) is 2. The normalized spacial score (nSPS) is 12.1. The van der Waals surface area contributed by atoms with E-state index in [9.17, 15) is 8.78 Å². The lowest BCUT2D eigenvalue weighted by Crippen LogP contribution is -2.09. The van der Waals surface area contributed by atoms with Gasteiger partial charge in [0.25, 0.3) is 0 Å². The third-order valence-corrected chi connectivity index (χ3v) is 3.30. The number of nitrogens with one attached hydrogen (secondary N) is 1. The van der Waals surface area contributed by atoms with Gasteiger partial charge in [0.15, 0.2) is 0 Å². The maximum atomic E-state index is 13.9. The van der Waals surface area contributed by atoms with Gasteiger partial charge in [-0.05, 0) is 31.2 Å². The molecule has 0 saturated carbocycles. The Labute approximate surface area is 121 Å². The third kappa shape index (κ3) is 3.20. The van der Waals surface area contributed by atoms with E-state index in [1.54, 1.807) is 19.1 Å². The monoisotopic (exact) mass is 297 g/mol. The molecule has 2 rings (SSSR count). The molecule has 0 heterocycles. The Kier molecular flexibility index (Phi) is 4.45. The second-order valence-electron chi connectivity index (χ2n) is 4.38. The van der Waals surface area contributed by atoms with Crippen LogP contribution in [0.3, 0.4) is 0 Å². The van der Waals surface area contributed by atoms with Gasteiger partial charge >= 0.3 is 0 Å². The molecule has 0 aliphatic rings. The van der Waals surface area contributed by atoms with E-state index in [1.165, 1.54) is 31.4 Å². The van der Waals surface area contributed by atoms with E-state index in [4.69, 9.17) is 16.3 Å². The van der Waals surface area contributed by atoms with E-state index in [1.807, 2.05) is 0 Å². The van der Waals surface area contributed by atoms with Gasteiger partial charge in [-0.1, -0.05) is 17.7 Å². The van der Waals surface area contributed by atoms with Crippen molar-refractivity contribution in [2.24, 2.45) is 0 Å². The zero-order valence-electron chi connectivity index (χ0n) is 11.1. The van der Waals surface area contributed by atoms with Crippen LogP contribution in [-0.4, -0.2) is 7.11 Å². The van der Waals surface area contributed by atoms with Gasteiger partial charge in [0.1, 0.15) is 17.4 Å². The van der Waals surface area contributed by atoms with Gasteiger partial charge in [-0.2, -0.15) is 0 Å². The summed E-state index contributed by atoms with van der Waals surface area (Å²) < 4.78 is 32.1. The van der Waals surface area contributed by atoms with Crippen LogP contribution in [0.4, 0.5) is 14.5 Å². The summed E-state index contributed by atoms with van der Waals surface area (Å²) in [5, 5.41) is 3.37. The van der Waals surface area contributed by atoms with Crippen LogP contribution in [0.15, 0.2) is 36.4 Å². The molecule has 0 spiro atoms. The van der Waals surface area contributed by atoms with E-state index >= 15 is 0 Å². The first-order valence-electron chi connectivity index (χ1n) is 6.06. The van der Waals surface area contributed by atoms with Crippen LogP contribution in [-0.2, 0) is 0 Å². The molecule has 0 fully saturated rings. The quantitative estimate of drug-likeness (QED) is 0.875. The first-order chi connectivity index (χ1) is 9.51. The highest BCUT2D eigenvalue weighted by molar-refractivity contribution is 6.33. The Morgan fingerprint density at radius 3 is 2.55 bits per heavy atom. The van der Waals surface area contributed by atoms with Gasteiger partial charge in [0.2, 0.25) is 0 Å². The lowest BCUT2D eigenvalue weighted by atomic mass is 10.1. The molecule has 2 aromatic carbocycles. The minimum Gasteiger partial charge on any atom is -0.497 e. The molecule has 1 atom stereocenters. The Balaban J connectivity index is 2.23. The summed E-state index contributed by atoms with van der Waals surface area (Å²) in [5.41, 5.74) is 0.875. The van der Waals surface area contributed by atoms with Gasteiger partial charge < -0.3 is 10.1 Å². The van der Waals surface area contributed by atoms with Gasteiger partial charge in [0, 0.05) is 11.6 Å². The average Bonchev–Trinajstić information content (AvgIpc) is 2.42. The number of hydrogen-bond donors (Lipinski definition) is 1. The summed E-state index contributed by atoms with van der Waals surface area (Å²) >= 11 is 5.97. The molecule has 0 saturated heterocycles. The molecule has 0 radical (unpaired) electrons. The molecule has 1 unspecified atom stereocenters. The molecule has 0 amide bonds. The highest BCUT2D eigenvalue weighted by atomic mass is 35.5. The SMILES string of the molecule is COc1ccc(C(C)Nc2cc(F)ccc2Cl)c(F)c1. The molecule has 2 aromatic rings. The van der Waals surface area contributed by atoms with Crippen molar-refractivity contribution in [3.63, 3.8) is 0 Å². The number of anilines is 1. The van der Waals surface area contributed by atoms with Crippen LogP contribution in [0.2, 0.25) is 5.02 Å². The van der Waals surface area contributed by atoms with Crippen molar-refractivity contribution in [3.05, 3.63) is 58.6 Å². The standard InChI is InChI=1S/C15H14ClF2NO/c1-9(12-5-4-11(20-2)8-14(12)18)19-15-7-10(17)3-6-13(15)16/h3-9,19H,1-2H3. The summed E-state index contributed by atoms with van der Waals surface area (Å²) in [6, 6.07) is 8.24. The maximum Gasteiger partial charge on any atom is 0.132 e. The zero-order chi connectivity index (χ0) is 14.7. The van der Waals surface area contributed by atoms with Crippen LogP contribution in [0.25, 0.3) is 0 Å². The topological polar surface area (TPSA) is 21.3 Å². The first kappa shape index (κ1) is 14.6. The number of halogens is 3. The van der Waals surface area contributed by atoms with Gasteiger partial charge in [-0.15, -0.1) is 0 Å². The number of methoxy groups -OCH3 is 1. The molecular weight excluding hydrogens is 284 g/mol. The van der Waals surface area contributed by atoms with E-state index in [2.05, 4.69) is 5.32 Å². The van der Waals surface area contributed by atoms with Crippen molar-refractivity contribution >= 4 is 17.3 Å². The lowest BCUT2D eigenvalue weighted by molar-refractivity contribution is 0.410. The highest BCUT2D eigenvalue weighted by Gasteiger charge is 2.13. The fourth-order valence-corrected chi connectivity index (χ4v) is 2.08. The van der Waals surface area contributed by atoms with Crippen LogP contribution in [0.1, 0.15) is 18.5 Å². The van der Waals surface area contributed by atoms with Crippen LogP contribution < -0.4 is 10.1 Å². The molecule has 0 aromatic heterocycles. The van der Waals surface area contributed by atoms with Gasteiger partial charge in [0.05, 0.1) is 23.9 Å². The largest absolute Gasteiger partial charge is 0.497 e. The Morgan fingerprint density at radius 2 is 1.90 bits per heavy atom. The minimum absolute atomic E-state index is 0.361. The van der Waals surface area contributed by atoms with Crippen LogP contribution >= 0.6 is 11.6 Å². The lowest BCUT2D eigenvalue weighted by Gasteiger charge is -2.18. The molecule has 0 aliphatic carbocycles. The summed E-state index contributed by atoms with van der Waals surface area (Å²) in [7, 11) is 1.47. The van der Waals surface area contributed by atoms with Crippen molar-refractivity contribution in [1.29, 1.82) is 0 Å². The number of benzene rings is 2. The average molecular weight is 298 g/mol. The molecule has 20 heavy (non-hydrogen) atoms. The van der Waals surface area contributed by atoms with E-state index in [-0.39, 0.29) is 6.04 Å². The van der Waals surface area contributed by atoms with Crippen molar-refractivity contribution in [2.45, 2.75) is 13.0 Å². The molecule has 106 valence electrons. The maximum absolute atomic E-state index is 13.9. The van der Waals surface area contributed by atoms with E-state index in [0.29, 0.717) is 22.0 Å². The number of ether oxygens (including phenoxy) is 1. The summed E-state index contributed by atoms with van der Waals surface area (Å²) in [5.74, 6) is -0.349. The highest BCUT2D eigenvalue weighted by Crippen LogP contribution is 2.29. The van der Waals surface area contributed by atoms with Crippen LogP contribution in [0.5, 0.6) is 5.75 Å². The zero-order valence-corrected chi connectivity index (χ0v) is 11.8. The van der Waals surface area contributed by atoms with Crippen molar-refractivity contribution in [2.75, 3.05) is 12.4 Å². The fourth-order valence-electron chi connectivity index (χ4n) is 1.91. The molecule has 0 aliphatic heterocycles. The summed E-state index contributed by atoms with van der Waals surface area (Å²) in [6.45, 7) is 1.77. The second kappa shape index (κ2) is 6.09. The fraction of sp³-hybridized carbons (Fsp3) is 0.200. The molecule has 1 N–H and O–H groups in total. The smallest absolute Gasteiger partial charge is 0.132 e. The van der Waals surface area contributed by atoms with E-state index < -0.39 is 11.6 Å². The van der Waals surface area contributed by atoms with Gasteiger partial charge in [-0.25, -0.2) is 8.78 Å². The second-order valence-corrected chi connectivity index (χ2v) is 4.78. The van der Waals surface area contributed by atoms with Crippen molar-refractivity contribution < 1.29 is 13.5 Å². The third-order valence-electron chi connectivity index (χ3n) is 2.97. The number of rotatable bonds is 4. The predicted octanol–water partition coefficient (Wildman–Crippen LogP) is 4.80. The summed E-state index contributed by atoms with van der Waals surface area (Å²) in [6.07, 6.45) is 0. The predicted molar refractivity (Wildman–Crippen MR) is 76.4 cm³/mol. The first-order valence-corrected chi connectivity index (χ1v) is 6.44. The van der Waals surface area contributed by atoms with Crippen molar-refractivity contribution in [1.82, 2.24) is 0 Å². The Hall–Kier alpha value is -1.81. The Morgan fingerprint density at radius 1 is 1.15 bits per heavy atom. The minimum atomic E-state index is -0.403. The Bertz CT molecular complexity index is 619.